The molecule has 2 aromatic rings. The second-order valence-electron chi connectivity index (χ2n) is 7.12. The van der Waals surface area contributed by atoms with E-state index in [1.54, 1.807) is 24.3 Å². The maximum atomic E-state index is 12.9. The van der Waals surface area contributed by atoms with Gasteiger partial charge in [-0.15, -0.1) is 0 Å². The van der Waals surface area contributed by atoms with Crippen LogP contribution in [0.4, 0.5) is 0 Å². The first kappa shape index (κ1) is 17.1. The first-order valence-corrected chi connectivity index (χ1v) is 9.44. The van der Waals surface area contributed by atoms with Crippen LogP contribution in [0.3, 0.4) is 0 Å². The lowest BCUT2D eigenvalue weighted by molar-refractivity contribution is 0.0729. The summed E-state index contributed by atoms with van der Waals surface area (Å²) in [6, 6.07) is 15.2. The molecule has 2 fully saturated rings. The summed E-state index contributed by atoms with van der Waals surface area (Å²) in [7, 11) is 0. The molecule has 2 aliphatic carbocycles. The molecule has 2 aromatic carbocycles. The average Bonchev–Trinajstić information content (AvgIpc) is 3.54. The number of benzene rings is 2. The number of nitrogens with one attached hydrogen (secondary N) is 1. The maximum Gasteiger partial charge on any atom is 0.254 e. The van der Waals surface area contributed by atoms with Gasteiger partial charge in [-0.1, -0.05) is 23.7 Å². The van der Waals surface area contributed by atoms with E-state index in [1.165, 1.54) is 0 Å². The fourth-order valence-corrected chi connectivity index (χ4v) is 3.09. The first-order valence-electron chi connectivity index (χ1n) is 9.06. The van der Waals surface area contributed by atoms with Gasteiger partial charge in [-0.3, -0.25) is 9.59 Å². The van der Waals surface area contributed by atoms with Crippen LogP contribution in [0.15, 0.2) is 48.5 Å². The number of halogens is 1. The van der Waals surface area contributed by atoms with Gasteiger partial charge >= 0.3 is 0 Å². The molecular weight excluding hydrogens is 348 g/mol. The van der Waals surface area contributed by atoms with Gasteiger partial charge in [-0.25, -0.2) is 0 Å². The zero-order valence-corrected chi connectivity index (χ0v) is 15.2. The third-order valence-corrected chi connectivity index (χ3v) is 5.07. The van der Waals surface area contributed by atoms with Gasteiger partial charge in [0.1, 0.15) is 0 Å². The minimum absolute atomic E-state index is 0.0182. The molecule has 0 bridgehead atoms. The average molecular weight is 369 g/mol. The van der Waals surface area contributed by atoms with Crippen molar-refractivity contribution in [3.63, 3.8) is 0 Å². The molecule has 2 amide bonds. The molecule has 2 aliphatic rings. The Morgan fingerprint density at radius 1 is 0.923 bits per heavy atom. The van der Waals surface area contributed by atoms with Crippen molar-refractivity contribution in [1.82, 2.24) is 10.2 Å². The molecule has 0 atom stereocenters. The predicted molar refractivity (Wildman–Crippen MR) is 101 cm³/mol. The number of amides is 2. The van der Waals surface area contributed by atoms with Crippen LogP contribution in [0.25, 0.3) is 0 Å². The molecule has 2 saturated carbocycles. The molecule has 1 N–H and O–H groups in total. The number of hydrogen-bond donors (Lipinski definition) is 1. The molecule has 0 unspecified atom stereocenters. The number of nitrogens with zero attached hydrogens (tertiary/aromatic N) is 1. The fraction of sp³-hybridized carbons (Fsp3) is 0.333. The molecule has 0 aliphatic heterocycles. The van der Waals surface area contributed by atoms with Gasteiger partial charge in [0.05, 0.1) is 0 Å². The highest BCUT2D eigenvalue weighted by Crippen LogP contribution is 2.30. The summed E-state index contributed by atoms with van der Waals surface area (Å²) < 4.78 is 0. The molecule has 4 rings (SSSR count). The first-order chi connectivity index (χ1) is 12.6. The van der Waals surface area contributed by atoms with E-state index in [0.29, 0.717) is 34.8 Å². The Balaban J connectivity index is 1.45. The van der Waals surface area contributed by atoms with Gasteiger partial charge in [0.25, 0.3) is 11.8 Å². The van der Waals surface area contributed by atoms with E-state index in [9.17, 15) is 9.59 Å². The second kappa shape index (κ2) is 7.12. The quantitative estimate of drug-likeness (QED) is 0.836. The van der Waals surface area contributed by atoms with Crippen LogP contribution in [0.2, 0.25) is 5.02 Å². The molecule has 0 heterocycles. The molecule has 134 valence electrons. The van der Waals surface area contributed by atoms with E-state index < -0.39 is 0 Å². The third kappa shape index (κ3) is 4.07. The topological polar surface area (TPSA) is 49.4 Å². The maximum absolute atomic E-state index is 12.9. The Bertz CT molecular complexity index is 809. The summed E-state index contributed by atoms with van der Waals surface area (Å²) in [5.41, 5.74) is 2.35. The van der Waals surface area contributed by atoms with E-state index in [2.05, 4.69) is 5.32 Å². The zero-order valence-electron chi connectivity index (χ0n) is 14.5. The molecule has 0 radical (unpaired) electrons. The SMILES string of the molecule is O=C(NC1CC1)c1ccc(CN(C(=O)c2ccc(Cl)cc2)C2CC2)cc1. The van der Waals surface area contributed by atoms with Crippen LogP contribution in [0.5, 0.6) is 0 Å². The van der Waals surface area contributed by atoms with Gasteiger partial charge < -0.3 is 10.2 Å². The highest BCUT2D eigenvalue weighted by Gasteiger charge is 2.33. The predicted octanol–water partition coefficient (Wildman–Crippen LogP) is 4.04. The van der Waals surface area contributed by atoms with Crippen LogP contribution in [-0.2, 0) is 6.54 Å². The Kier molecular flexibility index (Phi) is 4.68. The number of carbonyl (C=O) groups is 2. The van der Waals surface area contributed by atoms with Gasteiger partial charge in [0, 0.05) is 34.8 Å². The number of hydrogen-bond acceptors (Lipinski definition) is 2. The summed E-state index contributed by atoms with van der Waals surface area (Å²) in [5.74, 6) is 0.00931. The zero-order chi connectivity index (χ0) is 18.1. The van der Waals surface area contributed by atoms with Crippen molar-refractivity contribution in [3.8, 4) is 0 Å². The second-order valence-corrected chi connectivity index (χ2v) is 7.55. The lowest BCUT2D eigenvalue weighted by Crippen LogP contribution is -2.32. The highest BCUT2D eigenvalue weighted by molar-refractivity contribution is 6.30. The summed E-state index contributed by atoms with van der Waals surface area (Å²) in [6.07, 6.45) is 4.24. The van der Waals surface area contributed by atoms with Gasteiger partial charge in [-0.05, 0) is 67.6 Å². The van der Waals surface area contributed by atoms with E-state index in [-0.39, 0.29) is 11.8 Å². The highest BCUT2D eigenvalue weighted by atomic mass is 35.5. The van der Waals surface area contributed by atoms with Gasteiger partial charge in [0.15, 0.2) is 0 Å². The van der Waals surface area contributed by atoms with Gasteiger partial charge in [0.2, 0.25) is 0 Å². The Hall–Kier alpha value is -2.33. The number of carbonyl (C=O) groups excluding carboxylic acids is 2. The van der Waals surface area contributed by atoms with E-state index in [4.69, 9.17) is 11.6 Å². The minimum atomic E-state index is -0.0182. The molecule has 0 spiro atoms. The van der Waals surface area contributed by atoms with E-state index in [0.717, 1.165) is 31.2 Å². The third-order valence-electron chi connectivity index (χ3n) is 4.82. The van der Waals surface area contributed by atoms with Crippen LogP contribution in [-0.4, -0.2) is 28.8 Å². The van der Waals surface area contributed by atoms with Crippen LogP contribution < -0.4 is 5.32 Å². The summed E-state index contributed by atoms with van der Waals surface area (Å²) >= 11 is 5.92. The van der Waals surface area contributed by atoms with Crippen molar-refractivity contribution in [3.05, 3.63) is 70.2 Å². The standard InChI is InChI=1S/C21H21ClN2O2/c22-17-7-5-16(6-8-17)21(26)24(19-11-12-19)13-14-1-3-15(4-2-14)20(25)23-18-9-10-18/h1-8,18-19H,9-13H2,(H,23,25). The molecule has 0 aromatic heterocycles. The lowest BCUT2D eigenvalue weighted by Gasteiger charge is -2.23. The Morgan fingerprint density at radius 2 is 1.54 bits per heavy atom. The summed E-state index contributed by atoms with van der Waals surface area (Å²) in [5, 5.41) is 3.61. The van der Waals surface area contributed by atoms with Crippen molar-refractivity contribution < 1.29 is 9.59 Å². The molecule has 0 saturated heterocycles. The molecule has 5 heteroatoms. The van der Waals surface area contributed by atoms with Crippen molar-refractivity contribution in [1.29, 1.82) is 0 Å². The monoisotopic (exact) mass is 368 g/mol. The smallest absolute Gasteiger partial charge is 0.254 e. The fourth-order valence-electron chi connectivity index (χ4n) is 2.97. The number of rotatable bonds is 6. The lowest BCUT2D eigenvalue weighted by atomic mass is 10.1. The summed E-state index contributed by atoms with van der Waals surface area (Å²) in [6.45, 7) is 0.552. The summed E-state index contributed by atoms with van der Waals surface area (Å²) in [4.78, 5) is 26.9. The Labute approximate surface area is 158 Å². The van der Waals surface area contributed by atoms with Crippen molar-refractivity contribution >= 4 is 23.4 Å². The van der Waals surface area contributed by atoms with Crippen LogP contribution in [0.1, 0.15) is 52.0 Å². The van der Waals surface area contributed by atoms with E-state index in [1.807, 2.05) is 29.2 Å². The molecule has 4 nitrogen and oxygen atoms in total. The van der Waals surface area contributed by atoms with Crippen molar-refractivity contribution in [2.75, 3.05) is 0 Å². The molecular formula is C21H21ClN2O2. The van der Waals surface area contributed by atoms with Crippen LogP contribution in [0, 0.1) is 0 Å². The molecule has 26 heavy (non-hydrogen) atoms. The van der Waals surface area contributed by atoms with E-state index >= 15 is 0 Å². The van der Waals surface area contributed by atoms with Gasteiger partial charge in [-0.2, -0.15) is 0 Å². The normalized spacial score (nSPS) is 16.2. The largest absolute Gasteiger partial charge is 0.349 e. The van der Waals surface area contributed by atoms with Crippen molar-refractivity contribution in [2.24, 2.45) is 0 Å². The van der Waals surface area contributed by atoms with Crippen LogP contribution >= 0.6 is 11.6 Å². The minimum Gasteiger partial charge on any atom is -0.349 e. The van der Waals surface area contributed by atoms with Crippen molar-refractivity contribution in [2.45, 2.75) is 44.3 Å². The Morgan fingerprint density at radius 3 is 2.12 bits per heavy atom.